The molecule has 0 atom stereocenters. The van der Waals surface area contributed by atoms with Crippen LogP contribution in [0.5, 0.6) is 5.75 Å². The molecule has 0 aromatic heterocycles. The van der Waals surface area contributed by atoms with E-state index in [9.17, 15) is 9.59 Å². The number of nitrogens with one attached hydrogen (secondary N) is 1. The van der Waals surface area contributed by atoms with Crippen molar-refractivity contribution in [3.8, 4) is 5.75 Å². The second-order valence-electron chi connectivity index (χ2n) is 7.58. The Kier molecular flexibility index (Phi) is 7.11. The summed E-state index contributed by atoms with van der Waals surface area (Å²) in [6, 6.07) is 16.9. The van der Waals surface area contributed by atoms with Crippen LogP contribution in [0.3, 0.4) is 0 Å². The summed E-state index contributed by atoms with van der Waals surface area (Å²) in [6.45, 7) is 2.11. The number of amides is 2. The summed E-state index contributed by atoms with van der Waals surface area (Å²) in [5, 5.41) is 3.03. The minimum absolute atomic E-state index is 0.0114. The topological polar surface area (TPSA) is 61.9 Å². The van der Waals surface area contributed by atoms with Crippen LogP contribution in [0.15, 0.2) is 54.6 Å². The van der Waals surface area contributed by atoms with Crippen molar-refractivity contribution in [2.24, 2.45) is 5.92 Å². The lowest BCUT2D eigenvalue weighted by Gasteiger charge is -2.32. The molecule has 3 rings (SSSR count). The molecule has 1 aliphatic rings. The summed E-state index contributed by atoms with van der Waals surface area (Å²) in [7, 11) is 3.94. The molecule has 154 valence electrons. The van der Waals surface area contributed by atoms with Gasteiger partial charge in [-0.15, -0.1) is 0 Å². The Labute approximate surface area is 172 Å². The molecular weight excluding hydrogens is 366 g/mol. The maximum atomic E-state index is 12.4. The Balaban J connectivity index is 1.38. The van der Waals surface area contributed by atoms with Crippen LogP contribution < -0.4 is 15.0 Å². The highest BCUT2D eigenvalue weighted by Crippen LogP contribution is 2.18. The molecule has 6 nitrogen and oxygen atoms in total. The van der Waals surface area contributed by atoms with Gasteiger partial charge in [0.1, 0.15) is 5.75 Å². The quantitative estimate of drug-likeness (QED) is 0.783. The fraction of sp³-hybridized carbons (Fsp3) is 0.391. The van der Waals surface area contributed by atoms with Crippen LogP contribution in [-0.2, 0) is 4.79 Å². The largest absolute Gasteiger partial charge is 0.484 e. The first-order valence-electron chi connectivity index (χ1n) is 10.0. The van der Waals surface area contributed by atoms with Gasteiger partial charge < -0.3 is 19.9 Å². The van der Waals surface area contributed by atoms with E-state index in [2.05, 4.69) is 5.32 Å². The molecule has 2 amide bonds. The molecule has 1 aliphatic heterocycles. The molecule has 0 saturated carbocycles. The summed E-state index contributed by atoms with van der Waals surface area (Å²) in [4.78, 5) is 28.5. The lowest BCUT2D eigenvalue weighted by molar-refractivity contribution is -0.134. The number of hydrogen-bond donors (Lipinski definition) is 1. The number of carbonyl (C=O) groups excluding carboxylic acids is 2. The van der Waals surface area contributed by atoms with Crippen LogP contribution in [0.2, 0.25) is 0 Å². The second kappa shape index (κ2) is 9.96. The number of benzene rings is 2. The molecule has 1 heterocycles. The molecule has 29 heavy (non-hydrogen) atoms. The van der Waals surface area contributed by atoms with Crippen molar-refractivity contribution in [2.45, 2.75) is 12.8 Å². The van der Waals surface area contributed by atoms with Crippen LogP contribution in [0.1, 0.15) is 23.2 Å². The van der Waals surface area contributed by atoms with E-state index in [1.54, 1.807) is 0 Å². The number of carbonyl (C=O) groups is 2. The van der Waals surface area contributed by atoms with Crippen molar-refractivity contribution in [2.75, 3.05) is 45.2 Å². The number of hydrogen-bond acceptors (Lipinski definition) is 4. The van der Waals surface area contributed by atoms with Gasteiger partial charge in [0.15, 0.2) is 6.61 Å². The van der Waals surface area contributed by atoms with Gasteiger partial charge in [-0.1, -0.05) is 18.2 Å². The first kappa shape index (κ1) is 20.7. The van der Waals surface area contributed by atoms with Crippen molar-refractivity contribution in [1.82, 2.24) is 10.2 Å². The van der Waals surface area contributed by atoms with Crippen LogP contribution in [0, 0.1) is 5.92 Å². The number of piperidine rings is 1. The molecule has 6 heteroatoms. The summed E-state index contributed by atoms with van der Waals surface area (Å²) in [5.74, 6) is 1.05. The van der Waals surface area contributed by atoms with Crippen molar-refractivity contribution in [3.63, 3.8) is 0 Å². The van der Waals surface area contributed by atoms with Crippen LogP contribution in [0.4, 0.5) is 5.69 Å². The van der Waals surface area contributed by atoms with Crippen LogP contribution >= 0.6 is 0 Å². The SMILES string of the molecule is CN(C)c1ccc(C(=O)NCC2CCN(C(=O)COc3ccccc3)CC2)cc1. The Morgan fingerprint density at radius 2 is 1.69 bits per heavy atom. The third-order valence-electron chi connectivity index (χ3n) is 5.27. The van der Waals surface area contributed by atoms with E-state index >= 15 is 0 Å². The van der Waals surface area contributed by atoms with Crippen molar-refractivity contribution in [1.29, 1.82) is 0 Å². The number of nitrogens with zero attached hydrogens (tertiary/aromatic N) is 2. The Morgan fingerprint density at radius 3 is 2.31 bits per heavy atom. The highest BCUT2D eigenvalue weighted by atomic mass is 16.5. The molecule has 0 unspecified atom stereocenters. The summed E-state index contributed by atoms with van der Waals surface area (Å²) in [5.41, 5.74) is 1.73. The summed E-state index contributed by atoms with van der Waals surface area (Å²) >= 11 is 0. The van der Waals surface area contributed by atoms with E-state index in [0.29, 0.717) is 36.9 Å². The van der Waals surface area contributed by atoms with Gasteiger partial charge >= 0.3 is 0 Å². The maximum absolute atomic E-state index is 12.4. The minimum Gasteiger partial charge on any atom is -0.484 e. The van der Waals surface area contributed by atoms with Gasteiger partial charge in [0, 0.05) is 45.0 Å². The minimum atomic E-state index is -0.0509. The zero-order valence-electron chi connectivity index (χ0n) is 17.1. The van der Waals surface area contributed by atoms with Gasteiger partial charge in [-0.25, -0.2) is 0 Å². The molecule has 0 radical (unpaired) electrons. The Morgan fingerprint density at radius 1 is 1.03 bits per heavy atom. The fourth-order valence-corrected chi connectivity index (χ4v) is 3.39. The van der Waals surface area contributed by atoms with E-state index in [1.807, 2.05) is 78.5 Å². The molecule has 2 aromatic rings. The van der Waals surface area contributed by atoms with Crippen molar-refractivity contribution in [3.05, 3.63) is 60.2 Å². The van der Waals surface area contributed by atoms with Gasteiger partial charge in [0.25, 0.3) is 11.8 Å². The fourth-order valence-electron chi connectivity index (χ4n) is 3.39. The van der Waals surface area contributed by atoms with Gasteiger partial charge in [0.05, 0.1) is 0 Å². The van der Waals surface area contributed by atoms with Crippen LogP contribution in [0.25, 0.3) is 0 Å². The van der Waals surface area contributed by atoms with E-state index < -0.39 is 0 Å². The standard InChI is InChI=1S/C23H29N3O3/c1-25(2)20-10-8-19(9-11-20)23(28)24-16-18-12-14-26(15-13-18)22(27)17-29-21-6-4-3-5-7-21/h3-11,18H,12-17H2,1-2H3,(H,24,28). The predicted octanol–water partition coefficient (Wildman–Crippen LogP) is 2.80. The van der Waals surface area contributed by atoms with Crippen molar-refractivity contribution < 1.29 is 14.3 Å². The van der Waals surface area contributed by atoms with E-state index in [-0.39, 0.29) is 18.4 Å². The van der Waals surface area contributed by atoms with E-state index in [4.69, 9.17) is 4.74 Å². The van der Waals surface area contributed by atoms with Gasteiger partial charge in [-0.05, 0) is 55.2 Å². The number of para-hydroxylation sites is 1. The molecule has 0 aliphatic carbocycles. The Hall–Kier alpha value is -3.02. The monoisotopic (exact) mass is 395 g/mol. The maximum Gasteiger partial charge on any atom is 0.260 e. The predicted molar refractivity (Wildman–Crippen MR) is 114 cm³/mol. The van der Waals surface area contributed by atoms with Gasteiger partial charge in [-0.2, -0.15) is 0 Å². The third-order valence-corrected chi connectivity index (χ3v) is 5.27. The molecule has 0 spiro atoms. The number of ether oxygens (including phenoxy) is 1. The van der Waals surface area contributed by atoms with Crippen LogP contribution in [-0.4, -0.2) is 57.1 Å². The average Bonchev–Trinajstić information content (AvgIpc) is 2.77. The smallest absolute Gasteiger partial charge is 0.260 e. The molecule has 1 N–H and O–H groups in total. The summed E-state index contributed by atoms with van der Waals surface area (Å²) in [6.07, 6.45) is 1.77. The third kappa shape index (κ3) is 5.98. The van der Waals surface area contributed by atoms with E-state index in [0.717, 1.165) is 18.5 Å². The zero-order valence-corrected chi connectivity index (χ0v) is 17.1. The van der Waals surface area contributed by atoms with Gasteiger partial charge in [-0.3, -0.25) is 9.59 Å². The number of anilines is 1. The van der Waals surface area contributed by atoms with Crippen molar-refractivity contribution >= 4 is 17.5 Å². The Bertz CT molecular complexity index is 798. The first-order chi connectivity index (χ1) is 14.0. The van der Waals surface area contributed by atoms with E-state index in [1.165, 1.54) is 0 Å². The molecule has 2 aromatic carbocycles. The molecule has 0 bridgehead atoms. The lowest BCUT2D eigenvalue weighted by atomic mass is 9.96. The first-order valence-corrected chi connectivity index (χ1v) is 10.0. The highest BCUT2D eigenvalue weighted by molar-refractivity contribution is 5.94. The lowest BCUT2D eigenvalue weighted by Crippen LogP contribution is -2.43. The summed E-state index contributed by atoms with van der Waals surface area (Å²) < 4.78 is 5.55. The van der Waals surface area contributed by atoms with Gasteiger partial charge in [0.2, 0.25) is 0 Å². The number of rotatable bonds is 7. The molecular formula is C23H29N3O3. The molecule has 1 fully saturated rings. The normalized spacial score (nSPS) is 14.3. The zero-order chi connectivity index (χ0) is 20.6. The highest BCUT2D eigenvalue weighted by Gasteiger charge is 2.23. The average molecular weight is 396 g/mol. The molecule has 1 saturated heterocycles. The second-order valence-corrected chi connectivity index (χ2v) is 7.58. The number of likely N-dealkylation sites (tertiary alicyclic amines) is 1.